The zero-order valence-electron chi connectivity index (χ0n) is 14.9. The number of rotatable bonds is 7. The topological polar surface area (TPSA) is 55.2 Å². The fourth-order valence-electron chi connectivity index (χ4n) is 3.14. The molecular formula is C19H23N3O2S2. The van der Waals surface area contributed by atoms with Crippen LogP contribution in [0.2, 0.25) is 0 Å². The Balaban J connectivity index is 1.80. The predicted molar refractivity (Wildman–Crippen MR) is 109 cm³/mol. The molecule has 2 aromatic heterocycles. The van der Waals surface area contributed by atoms with E-state index >= 15 is 0 Å². The first-order chi connectivity index (χ1) is 12.7. The molecule has 2 aromatic rings. The smallest absolute Gasteiger partial charge is 0.263 e. The highest BCUT2D eigenvalue weighted by Crippen LogP contribution is 2.24. The van der Waals surface area contributed by atoms with Crippen LogP contribution < -0.4 is 5.56 Å². The van der Waals surface area contributed by atoms with Crippen LogP contribution in [0.25, 0.3) is 10.2 Å². The van der Waals surface area contributed by atoms with Crippen molar-refractivity contribution in [2.75, 3.05) is 12.3 Å². The Morgan fingerprint density at radius 1 is 1.50 bits per heavy atom. The Hall–Kier alpha value is -1.86. The van der Waals surface area contributed by atoms with Crippen molar-refractivity contribution < 1.29 is 4.79 Å². The molecule has 0 saturated heterocycles. The van der Waals surface area contributed by atoms with E-state index in [-0.39, 0.29) is 17.2 Å². The predicted octanol–water partition coefficient (Wildman–Crippen LogP) is 4.04. The maximum absolute atomic E-state index is 12.7. The third-order valence-electron chi connectivity index (χ3n) is 4.42. The van der Waals surface area contributed by atoms with Gasteiger partial charge in [0.15, 0.2) is 5.16 Å². The van der Waals surface area contributed by atoms with Gasteiger partial charge in [0, 0.05) is 18.8 Å². The molecular weight excluding hydrogens is 366 g/mol. The van der Waals surface area contributed by atoms with Crippen LogP contribution in [0.4, 0.5) is 0 Å². The first-order valence-corrected chi connectivity index (χ1v) is 10.7. The Morgan fingerprint density at radius 2 is 2.35 bits per heavy atom. The van der Waals surface area contributed by atoms with Crippen LogP contribution in [-0.2, 0) is 11.3 Å². The molecule has 0 radical (unpaired) electrons. The molecule has 0 atom stereocenters. The lowest BCUT2D eigenvalue weighted by Gasteiger charge is -2.26. The van der Waals surface area contributed by atoms with E-state index in [9.17, 15) is 9.59 Å². The molecule has 2 heterocycles. The summed E-state index contributed by atoms with van der Waals surface area (Å²) < 4.78 is 1.59. The third kappa shape index (κ3) is 3.94. The summed E-state index contributed by atoms with van der Waals surface area (Å²) in [4.78, 5) is 32.6. The van der Waals surface area contributed by atoms with E-state index in [1.807, 2.05) is 17.2 Å². The average molecular weight is 390 g/mol. The lowest BCUT2D eigenvalue weighted by atomic mass is 10.0. The van der Waals surface area contributed by atoms with Crippen LogP contribution in [0, 0.1) is 0 Å². The summed E-state index contributed by atoms with van der Waals surface area (Å²) in [7, 11) is 0. The highest BCUT2D eigenvalue weighted by molar-refractivity contribution is 7.99. The van der Waals surface area contributed by atoms with Gasteiger partial charge in [-0.25, -0.2) is 4.98 Å². The number of hydrogen-bond donors (Lipinski definition) is 0. The fraction of sp³-hybridized carbons (Fsp3) is 0.421. The number of fused-ring (bicyclic) bond motifs is 1. The van der Waals surface area contributed by atoms with Gasteiger partial charge in [0.1, 0.15) is 4.83 Å². The van der Waals surface area contributed by atoms with Crippen molar-refractivity contribution in [3.63, 3.8) is 0 Å². The van der Waals surface area contributed by atoms with Crippen LogP contribution in [0.3, 0.4) is 0 Å². The van der Waals surface area contributed by atoms with Crippen molar-refractivity contribution in [3.8, 4) is 0 Å². The fourth-order valence-corrected chi connectivity index (χ4v) is 4.83. The van der Waals surface area contributed by atoms with Gasteiger partial charge >= 0.3 is 0 Å². The number of thiophene rings is 1. The zero-order valence-corrected chi connectivity index (χ0v) is 16.6. The molecule has 7 heteroatoms. The van der Waals surface area contributed by atoms with Gasteiger partial charge in [-0.3, -0.25) is 14.2 Å². The van der Waals surface area contributed by atoms with Gasteiger partial charge < -0.3 is 4.90 Å². The number of allylic oxidation sites excluding steroid dienone is 3. The first-order valence-electron chi connectivity index (χ1n) is 8.86. The minimum Gasteiger partial charge on any atom is -0.316 e. The first kappa shape index (κ1) is 18.9. The molecule has 0 saturated carbocycles. The summed E-state index contributed by atoms with van der Waals surface area (Å²) in [5.41, 5.74) is 1.06. The molecule has 0 bridgehead atoms. The van der Waals surface area contributed by atoms with Gasteiger partial charge in [0.25, 0.3) is 5.56 Å². The summed E-state index contributed by atoms with van der Waals surface area (Å²) >= 11 is 2.77. The number of carbonyl (C=O) groups is 1. The molecule has 5 nitrogen and oxygen atoms in total. The number of nitrogens with zero attached hydrogens (tertiary/aromatic N) is 3. The molecule has 1 aliphatic carbocycles. The number of hydrogen-bond acceptors (Lipinski definition) is 5. The highest BCUT2D eigenvalue weighted by atomic mass is 32.2. The summed E-state index contributed by atoms with van der Waals surface area (Å²) in [6.45, 7) is 6.78. The quantitative estimate of drug-likeness (QED) is 0.407. The molecule has 1 amide bonds. The van der Waals surface area contributed by atoms with E-state index in [1.54, 1.807) is 16.7 Å². The summed E-state index contributed by atoms with van der Waals surface area (Å²) in [6, 6.07) is 1.79. The standard InChI is InChI=1S/C19H23N3O2S2/c1-3-11-22-18(24)15-10-12-25-17(15)20-19(22)26-13-16(23)21(4-2)14-8-6-5-7-9-14/h3,8,10,12H,1,4-7,9,11,13H2,2H3. The molecule has 138 valence electrons. The normalized spacial score (nSPS) is 14.3. The van der Waals surface area contributed by atoms with Gasteiger partial charge in [-0.1, -0.05) is 23.9 Å². The minimum absolute atomic E-state index is 0.0660. The van der Waals surface area contributed by atoms with Crippen molar-refractivity contribution in [1.82, 2.24) is 14.5 Å². The second-order valence-corrected chi connectivity index (χ2v) is 7.94. The van der Waals surface area contributed by atoms with Crippen LogP contribution in [0.15, 0.2) is 45.8 Å². The molecule has 0 aliphatic heterocycles. The Labute approximate surface area is 161 Å². The second kappa shape index (κ2) is 8.68. The Kier molecular flexibility index (Phi) is 6.32. The SMILES string of the molecule is C=CCn1c(SCC(=O)N(CC)C2=CCCCC2)nc2sccc2c1=O. The molecule has 0 spiro atoms. The number of aromatic nitrogens is 2. The highest BCUT2D eigenvalue weighted by Gasteiger charge is 2.19. The molecule has 0 unspecified atom stereocenters. The van der Waals surface area contributed by atoms with Crippen molar-refractivity contribution in [2.45, 2.75) is 44.3 Å². The maximum atomic E-state index is 12.7. The van der Waals surface area contributed by atoms with Gasteiger partial charge in [0.05, 0.1) is 11.1 Å². The molecule has 1 aliphatic rings. The van der Waals surface area contributed by atoms with E-state index < -0.39 is 0 Å². The number of amides is 1. The van der Waals surface area contributed by atoms with E-state index in [0.29, 0.717) is 28.5 Å². The monoisotopic (exact) mass is 389 g/mol. The lowest BCUT2D eigenvalue weighted by molar-refractivity contribution is -0.126. The summed E-state index contributed by atoms with van der Waals surface area (Å²) in [5, 5.41) is 3.06. The molecule has 3 rings (SSSR count). The lowest BCUT2D eigenvalue weighted by Crippen LogP contribution is -2.32. The van der Waals surface area contributed by atoms with Gasteiger partial charge in [-0.2, -0.15) is 0 Å². The van der Waals surface area contributed by atoms with Crippen LogP contribution >= 0.6 is 23.1 Å². The molecule has 0 N–H and O–H groups in total. The zero-order chi connectivity index (χ0) is 18.5. The third-order valence-corrected chi connectivity index (χ3v) is 6.18. The van der Waals surface area contributed by atoms with Crippen LogP contribution in [0.1, 0.15) is 32.6 Å². The number of carbonyl (C=O) groups excluding carboxylic acids is 1. The average Bonchev–Trinajstić information content (AvgIpc) is 3.13. The minimum atomic E-state index is -0.0755. The summed E-state index contributed by atoms with van der Waals surface area (Å²) in [6.07, 6.45) is 8.20. The molecule has 0 aromatic carbocycles. The largest absolute Gasteiger partial charge is 0.316 e. The van der Waals surface area contributed by atoms with E-state index in [1.165, 1.54) is 29.5 Å². The molecule has 26 heavy (non-hydrogen) atoms. The molecule has 0 fully saturated rings. The van der Waals surface area contributed by atoms with E-state index in [2.05, 4.69) is 17.6 Å². The van der Waals surface area contributed by atoms with Crippen LogP contribution in [-0.4, -0.2) is 32.7 Å². The van der Waals surface area contributed by atoms with Gasteiger partial charge in [-0.05, 0) is 44.1 Å². The van der Waals surface area contributed by atoms with Crippen molar-refractivity contribution in [2.24, 2.45) is 0 Å². The van der Waals surface area contributed by atoms with E-state index in [0.717, 1.165) is 25.0 Å². The van der Waals surface area contributed by atoms with Crippen molar-refractivity contribution in [3.05, 3.63) is 46.2 Å². The summed E-state index contributed by atoms with van der Waals surface area (Å²) in [5.74, 6) is 0.336. The van der Waals surface area contributed by atoms with Crippen molar-refractivity contribution in [1.29, 1.82) is 0 Å². The Morgan fingerprint density at radius 3 is 3.04 bits per heavy atom. The Bertz CT molecular complexity index is 898. The van der Waals surface area contributed by atoms with Crippen LogP contribution in [0.5, 0.6) is 0 Å². The number of thioether (sulfide) groups is 1. The van der Waals surface area contributed by atoms with E-state index in [4.69, 9.17) is 0 Å². The second-order valence-electron chi connectivity index (χ2n) is 6.11. The van der Waals surface area contributed by atoms with Gasteiger partial charge in [-0.15, -0.1) is 17.9 Å². The van der Waals surface area contributed by atoms with Crippen molar-refractivity contribution >= 4 is 39.2 Å². The van der Waals surface area contributed by atoms with Gasteiger partial charge in [0.2, 0.25) is 5.91 Å². The maximum Gasteiger partial charge on any atom is 0.263 e.